The highest BCUT2D eigenvalue weighted by molar-refractivity contribution is 5.97. The Morgan fingerprint density at radius 1 is 1.04 bits per heavy atom. The van der Waals surface area contributed by atoms with E-state index >= 15 is 0 Å². The number of amides is 1. The van der Waals surface area contributed by atoms with Crippen LogP contribution in [0.15, 0.2) is 54.6 Å². The van der Waals surface area contributed by atoms with Gasteiger partial charge in [-0.15, -0.1) is 0 Å². The number of carbonyl (C=O) groups is 3. The molecule has 2 aromatic rings. The van der Waals surface area contributed by atoms with Crippen LogP contribution in [0.2, 0.25) is 0 Å². The summed E-state index contributed by atoms with van der Waals surface area (Å²) in [5.41, 5.74) is 1.88. The van der Waals surface area contributed by atoms with Crippen molar-refractivity contribution in [1.29, 1.82) is 0 Å². The van der Waals surface area contributed by atoms with Crippen LogP contribution >= 0.6 is 0 Å². The summed E-state index contributed by atoms with van der Waals surface area (Å²) < 4.78 is 5.28. The molecule has 0 spiro atoms. The minimum absolute atomic E-state index is 0.0863. The zero-order chi connectivity index (χ0) is 19.8. The van der Waals surface area contributed by atoms with Gasteiger partial charge in [0, 0.05) is 11.3 Å². The second-order valence-corrected chi connectivity index (χ2v) is 6.57. The Hall–Kier alpha value is -2.95. The summed E-state index contributed by atoms with van der Waals surface area (Å²) in [6.45, 7) is 5.10. The lowest BCUT2D eigenvalue weighted by Gasteiger charge is -2.21. The molecule has 27 heavy (non-hydrogen) atoms. The number of Topliss-reactive ketones (excluding diaryl/α,β-unsaturated/α-hetero) is 1. The van der Waals surface area contributed by atoms with Gasteiger partial charge in [0.15, 0.2) is 12.4 Å². The van der Waals surface area contributed by atoms with Crippen molar-refractivity contribution in [3.05, 3.63) is 65.7 Å². The van der Waals surface area contributed by atoms with Gasteiger partial charge in [0.05, 0.1) is 5.92 Å². The van der Waals surface area contributed by atoms with Gasteiger partial charge in [-0.1, -0.05) is 62.7 Å². The first-order valence-corrected chi connectivity index (χ1v) is 9.04. The summed E-state index contributed by atoms with van der Waals surface area (Å²) in [5.74, 6) is -1.26. The third-order valence-corrected chi connectivity index (χ3v) is 4.52. The standard InChI is InChI=1S/C22H25NO4/c1-4-15(2)21(17-9-6-5-7-10-17)22(26)27-14-20(25)23-19-12-8-11-18(13-19)16(3)24/h5-13,15,21H,4,14H2,1-3H3,(H,23,25)/t15-,21-/m1/s1. The molecule has 0 heterocycles. The number of benzene rings is 2. The molecular formula is C22H25NO4. The molecule has 0 aromatic heterocycles. The van der Waals surface area contributed by atoms with E-state index in [2.05, 4.69) is 5.32 Å². The van der Waals surface area contributed by atoms with Crippen LogP contribution in [0.3, 0.4) is 0 Å². The van der Waals surface area contributed by atoms with Crippen molar-refractivity contribution in [2.75, 3.05) is 11.9 Å². The average Bonchev–Trinajstić information content (AvgIpc) is 2.67. The van der Waals surface area contributed by atoms with E-state index in [0.717, 1.165) is 12.0 Å². The lowest BCUT2D eigenvalue weighted by molar-refractivity contribution is -0.150. The van der Waals surface area contributed by atoms with E-state index in [1.54, 1.807) is 24.3 Å². The van der Waals surface area contributed by atoms with Gasteiger partial charge in [0.25, 0.3) is 5.91 Å². The first-order chi connectivity index (χ1) is 12.9. The zero-order valence-corrected chi connectivity index (χ0v) is 15.9. The number of anilines is 1. The number of esters is 1. The lowest BCUT2D eigenvalue weighted by Crippen LogP contribution is -2.27. The van der Waals surface area contributed by atoms with Crippen LogP contribution in [0.5, 0.6) is 0 Å². The van der Waals surface area contributed by atoms with Crippen LogP contribution in [0, 0.1) is 5.92 Å². The second-order valence-electron chi connectivity index (χ2n) is 6.57. The van der Waals surface area contributed by atoms with Crippen molar-refractivity contribution < 1.29 is 19.1 Å². The molecule has 0 saturated carbocycles. The molecule has 2 atom stereocenters. The van der Waals surface area contributed by atoms with E-state index in [0.29, 0.717) is 11.3 Å². The Morgan fingerprint density at radius 2 is 1.74 bits per heavy atom. The molecule has 0 saturated heterocycles. The monoisotopic (exact) mass is 367 g/mol. The summed E-state index contributed by atoms with van der Waals surface area (Å²) >= 11 is 0. The minimum atomic E-state index is -0.444. The summed E-state index contributed by atoms with van der Waals surface area (Å²) in [5, 5.41) is 2.65. The first kappa shape index (κ1) is 20.4. The number of rotatable bonds is 8. The van der Waals surface area contributed by atoms with Crippen LogP contribution in [0.1, 0.15) is 49.0 Å². The Kier molecular flexibility index (Phi) is 7.29. The highest BCUT2D eigenvalue weighted by atomic mass is 16.5. The van der Waals surface area contributed by atoms with Gasteiger partial charge in [-0.05, 0) is 30.5 Å². The molecule has 0 aliphatic heterocycles. The number of nitrogens with one attached hydrogen (secondary N) is 1. The Bertz CT molecular complexity index is 801. The molecule has 1 N–H and O–H groups in total. The molecule has 1 amide bonds. The van der Waals surface area contributed by atoms with Gasteiger partial charge in [-0.2, -0.15) is 0 Å². The number of hydrogen-bond acceptors (Lipinski definition) is 4. The number of hydrogen-bond donors (Lipinski definition) is 1. The van der Waals surface area contributed by atoms with Crippen LogP contribution < -0.4 is 5.32 Å². The van der Waals surface area contributed by atoms with Gasteiger partial charge in [-0.3, -0.25) is 14.4 Å². The third kappa shape index (κ3) is 5.78. The van der Waals surface area contributed by atoms with Gasteiger partial charge < -0.3 is 10.1 Å². The number of ketones is 1. The molecular weight excluding hydrogens is 342 g/mol. The number of carbonyl (C=O) groups excluding carboxylic acids is 3. The second kappa shape index (κ2) is 9.67. The topological polar surface area (TPSA) is 72.5 Å². The van der Waals surface area contributed by atoms with Crippen molar-refractivity contribution >= 4 is 23.3 Å². The fourth-order valence-electron chi connectivity index (χ4n) is 2.83. The molecule has 0 aliphatic rings. The smallest absolute Gasteiger partial charge is 0.314 e. The zero-order valence-electron chi connectivity index (χ0n) is 15.9. The fraction of sp³-hybridized carbons (Fsp3) is 0.318. The maximum atomic E-state index is 12.6. The van der Waals surface area contributed by atoms with Crippen molar-refractivity contribution in [1.82, 2.24) is 0 Å². The molecule has 2 aromatic carbocycles. The van der Waals surface area contributed by atoms with Crippen LogP contribution in [-0.4, -0.2) is 24.3 Å². The highest BCUT2D eigenvalue weighted by Crippen LogP contribution is 2.28. The maximum Gasteiger partial charge on any atom is 0.314 e. The Balaban J connectivity index is 1.99. The van der Waals surface area contributed by atoms with Crippen LogP contribution in [-0.2, 0) is 14.3 Å². The van der Waals surface area contributed by atoms with Crippen molar-refractivity contribution in [2.45, 2.75) is 33.1 Å². The molecule has 142 valence electrons. The molecule has 0 aliphatic carbocycles. The van der Waals surface area contributed by atoms with Gasteiger partial charge in [0.2, 0.25) is 0 Å². The molecule has 2 rings (SSSR count). The molecule has 0 fully saturated rings. The Labute approximate surface area is 159 Å². The fourth-order valence-corrected chi connectivity index (χ4v) is 2.83. The van der Waals surface area contributed by atoms with Crippen LogP contribution in [0.25, 0.3) is 0 Å². The van der Waals surface area contributed by atoms with Gasteiger partial charge >= 0.3 is 5.97 Å². The Morgan fingerprint density at radius 3 is 2.37 bits per heavy atom. The molecule has 5 nitrogen and oxygen atoms in total. The predicted octanol–water partition coefficient (Wildman–Crippen LogP) is 4.20. The van der Waals surface area contributed by atoms with E-state index in [1.807, 2.05) is 44.2 Å². The van der Waals surface area contributed by atoms with E-state index in [1.165, 1.54) is 6.92 Å². The molecule has 0 radical (unpaired) electrons. The van der Waals surface area contributed by atoms with Crippen LogP contribution in [0.4, 0.5) is 5.69 Å². The number of ether oxygens (including phenoxy) is 1. The van der Waals surface area contributed by atoms with E-state index in [-0.39, 0.29) is 18.3 Å². The average molecular weight is 367 g/mol. The van der Waals surface area contributed by atoms with Gasteiger partial charge in [-0.25, -0.2) is 0 Å². The molecule has 0 bridgehead atoms. The summed E-state index contributed by atoms with van der Waals surface area (Å²) in [4.78, 5) is 36.1. The van der Waals surface area contributed by atoms with E-state index in [9.17, 15) is 14.4 Å². The SMILES string of the molecule is CC[C@@H](C)[C@@H](C(=O)OCC(=O)Nc1cccc(C(C)=O)c1)c1ccccc1. The first-order valence-electron chi connectivity index (χ1n) is 9.04. The lowest BCUT2D eigenvalue weighted by atomic mass is 9.86. The summed E-state index contributed by atoms with van der Waals surface area (Å²) in [6.07, 6.45) is 0.818. The maximum absolute atomic E-state index is 12.6. The van der Waals surface area contributed by atoms with E-state index < -0.39 is 17.8 Å². The van der Waals surface area contributed by atoms with E-state index in [4.69, 9.17) is 4.74 Å². The normalized spacial score (nSPS) is 12.7. The minimum Gasteiger partial charge on any atom is -0.455 e. The largest absolute Gasteiger partial charge is 0.455 e. The predicted molar refractivity (Wildman–Crippen MR) is 105 cm³/mol. The van der Waals surface area contributed by atoms with Crippen molar-refractivity contribution in [3.8, 4) is 0 Å². The van der Waals surface area contributed by atoms with Gasteiger partial charge in [0.1, 0.15) is 0 Å². The molecule has 0 unspecified atom stereocenters. The van der Waals surface area contributed by atoms with Crippen molar-refractivity contribution in [2.24, 2.45) is 5.92 Å². The summed E-state index contributed by atoms with van der Waals surface area (Å²) in [6, 6.07) is 16.1. The van der Waals surface area contributed by atoms with Crippen molar-refractivity contribution in [3.63, 3.8) is 0 Å². The quantitative estimate of drug-likeness (QED) is 0.561. The molecule has 5 heteroatoms. The third-order valence-electron chi connectivity index (χ3n) is 4.52. The summed E-state index contributed by atoms with van der Waals surface area (Å²) in [7, 11) is 0. The highest BCUT2D eigenvalue weighted by Gasteiger charge is 2.27.